The summed E-state index contributed by atoms with van der Waals surface area (Å²) in [6.45, 7) is 3.14. The third kappa shape index (κ3) is 2.86. The molecule has 1 aromatic rings. The van der Waals surface area contributed by atoms with Gasteiger partial charge in [-0.05, 0) is 43.9 Å². The molecule has 5 nitrogen and oxygen atoms in total. The van der Waals surface area contributed by atoms with Crippen molar-refractivity contribution in [2.75, 3.05) is 31.1 Å². The number of fused-ring (bicyclic) bond motifs is 4. The van der Waals surface area contributed by atoms with E-state index in [9.17, 15) is 9.59 Å². The van der Waals surface area contributed by atoms with Crippen LogP contribution >= 0.6 is 11.6 Å². The smallest absolute Gasteiger partial charge is 0.254 e. The topological polar surface area (TPSA) is 52.7 Å². The fourth-order valence-corrected chi connectivity index (χ4v) is 4.35. The maximum absolute atomic E-state index is 12.9. The zero-order valence-electron chi connectivity index (χ0n) is 13.6. The van der Waals surface area contributed by atoms with Crippen molar-refractivity contribution in [3.63, 3.8) is 0 Å². The Kier molecular flexibility index (Phi) is 4.12. The van der Waals surface area contributed by atoms with Gasteiger partial charge in [0.2, 0.25) is 5.91 Å². The van der Waals surface area contributed by atoms with Crippen LogP contribution in [0.1, 0.15) is 36.0 Å². The molecule has 4 saturated heterocycles. The van der Waals surface area contributed by atoms with Crippen molar-refractivity contribution in [1.82, 2.24) is 10.2 Å². The van der Waals surface area contributed by atoms with E-state index in [1.165, 1.54) is 12.8 Å². The van der Waals surface area contributed by atoms with Crippen molar-refractivity contribution in [2.24, 2.45) is 5.92 Å². The molecule has 4 aliphatic rings. The summed E-state index contributed by atoms with van der Waals surface area (Å²) in [4.78, 5) is 28.9. The van der Waals surface area contributed by atoms with E-state index in [1.807, 2.05) is 12.1 Å². The Morgan fingerprint density at radius 3 is 2.67 bits per heavy atom. The first-order chi connectivity index (χ1) is 11.6. The van der Waals surface area contributed by atoms with Crippen molar-refractivity contribution in [3.05, 3.63) is 28.8 Å². The van der Waals surface area contributed by atoms with Crippen molar-refractivity contribution in [3.8, 4) is 0 Å². The van der Waals surface area contributed by atoms with Crippen LogP contribution in [0.5, 0.6) is 0 Å². The molecule has 0 saturated carbocycles. The zero-order chi connectivity index (χ0) is 16.7. The van der Waals surface area contributed by atoms with Crippen LogP contribution in [0.25, 0.3) is 0 Å². The van der Waals surface area contributed by atoms with E-state index in [4.69, 9.17) is 11.6 Å². The number of nitrogens with one attached hydrogen (secondary N) is 1. The molecule has 128 valence electrons. The average Bonchev–Trinajstić information content (AvgIpc) is 2.96. The summed E-state index contributed by atoms with van der Waals surface area (Å²) < 4.78 is 0. The molecule has 0 aromatic heterocycles. The number of piperidine rings is 1. The number of halogens is 1. The van der Waals surface area contributed by atoms with E-state index in [0.717, 1.165) is 31.6 Å². The van der Waals surface area contributed by atoms with Gasteiger partial charge in [-0.15, -0.1) is 0 Å². The van der Waals surface area contributed by atoms with E-state index >= 15 is 0 Å². The second-order valence-corrected chi connectivity index (χ2v) is 7.46. The number of hydrogen-bond acceptors (Lipinski definition) is 3. The van der Waals surface area contributed by atoms with Gasteiger partial charge in [-0.25, -0.2) is 0 Å². The summed E-state index contributed by atoms with van der Waals surface area (Å²) >= 11 is 6.44. The van der Waals surface area contributed by atoms with Gasteiger partial charge in [-0.3, -0.25) is 9.59 Å². The number of hydrogen-bond donors (Lipinski definition) is 1. The van der Waals surface area contributed by atoms with Crippen molar-refractivity contribution >= 4 is 29.1 Å². The van der Waals surface area contributed by atoms with Crippen LogP contribution in [-0.4, -0.2) is 48.9 Å². The quantitative estimate of drug-likeness (QED) is 0.893. The van der Waals surface area contributed by atoms with Crippen LogP contribution in [0.4, 0.5) is 5.69 Å². The lowest BCUT2D eigenvalue weighted by Crippen LogP contribution is -2.43. The molecule has 5 rings (SSSR count). The van der Waals surface area contributed by atoms with E-state index in [-0.39, 0.29) is 23.8 Å². The molecule has 4 heterocycles. The normalized spacial score (nSPS) is 26.5. The highest BCUT2D eigenvalue weighted by atomic mass is 35.5. The highest BCUT2D eigenvalue weighted by molar-refractivity contribution is 6.33. The highest BCUT2D eigenvalue weighted by Crippen LogP contribution is 2.30. The molecular weight excluding hydrogens is 326 g/mol. The third-order valence-electron chi connectivity index (χ3n) is 5.39. The zero-order valence-corrected chi connectivity index (χ0v) is 14.4. The summed E-state index contributed by atoms with van der Waals surface area (Å²) in [5.41, 5.74) is 1.62. The first kappa shape index (κ1) is 15.8. The summed E-state index contributed by atoms with van der Waals surface area (Å²) in [7, 11) is 0. The predicted octanol–water partition coefficient (Wildman–Crippen LogP) is 2.29. The number of carbonyl (C=O) groups is 2. The summed E-state index contributed by atoms with van der Waals surface area (Å²) in [5.74, 6) is -0.0192. The number of nitrogens with zero attached hydrogens (tertiary/aromatic N) is 2. The maximum Gasteiger partial charge on any atom is 0.254 e. The number of rotatable bonds is 2. The lowest BCUT2D eigenvalue weighted by Gasteiger charge is -2.24. The van der Waals surface area contributed by atoms with E-state index in [0.29, 0.717) is 23.7 Å². The van der Waals surface area contributed by atoms with Gasteiger partial charge in [0.25, 0.3) is 5.91 Å². The minimum atomic E-state index is -0.0768. The molecule has 1 N–H and O–H groups in total. The molecule has 0 radical (unpaired) electrons. The largest absolute Gasteiger partial charge is 0.370 e. The van der Waals surface area contributed by atoms with Gasteiger partial charge < -0.3 is 15.1 Å². The summed E-state index contributed by atoms with van der Waals surface area (Å²) in [5, 5.41) is 3.64. The Morgan fingerprint density at radius 2 is 1.96 bits per heavy atom. The van der Waals surface area contributed by atoms with Gasteiger partial charge in [0.1, 0.15) is 0 Å². The van der Waals surface area contributed by atoms with Gasteiger partial charge in [0.15, 0.2) is 0 Å². The fraction of sp³-hybridized carbons (Fsp3) is 0.556. The Bertz CT molecular complexity index is 672. The lowest BCUT2D eigenvalue weighted by atomic mass is 9.96. The van der Waals surface area contributed by atoms with Crippen LogP contribution in [-0.2, 0) is 4.79 Å². The van der Waals surface area contributed by atoms with Gasteiger partial charge in [0, 0.05) is 37.8 Å². The molecule has 2 atom stereocenters. The number of carbonyl (C=O) groups excluding carboxylic acids is 2. The molecule has 2 bridgehead atoms. The van der Waals surface area contributed by atoms with Crippen molar-refractivity contribution in [1.29, 1.82) is 0 Å². The molecule has 6 heteroatoms. The first-order valence-corrected chi connectivity index (χ1v) is 9.14. The molecule has 1 aromatic carbocycles. The van der Waals surface area contributed by atoms with Crippen LogP contribution in [0.15, 0.2) is 18.2 Å². The van der Waals surface area contributed by atoms with E-state index < -0.39 is 0 Å². The Morgan fingerprint density at radius 1 is 1.17 bits per heavy atom. The molecule has 0 aliphatic carbocycles. The van der Waals surface area contributed by atoms with Crippen molar-refractivity contribution < 1.29 is 9.59 Å². The molecule has 4 fully saturated rings. The average molecular weight is 348 g/mol. The van der Waals surface area contributed by atoms with E-state index in [2.05, 4.69) is 10.2 Å². The van der Waals surface area contributed by atoms with Gasteiger partial charge in [-0.2, -0.15) is 0 Å². The predicted molar refractivity (Wildman–Crippen MR) is 93.5 cm³/mol. The molecule has 24 heavy (non-hydrogen) atoms. The molecule has 0 unspecified atom stereocenters. The minimum absolute atomic E-state index is 0.0294. The highest BCUT2D eigenvalue weighted by Gasteiger charge is 2.36. The molecule has 2 amide bonds. The molecule has 0 spiro atoms. The van der Waals surface area contributed by atoms with Crippen LogP contribution in [0, 0.1) is 5.92 Å². The van der Waals surface area contributed by atoms with Gasteiger partial charge in [-0.1, -0.05) is 11.6 Å². The number of benzene rings is 1. The van der Waals surface area contributed by atoms with Gasteiger partial charge >= 0.3 is 0 Å². The monoisotopic (exact) mass is 347 g/mol. The third-order valence-corrected chi connectivity index (χ3v) is 5.69. The summed E-state index contributed by atoms with van der Waals surface area (Å²) in [6, 6.07) is 5.68. The van der Waals surface area contributed by atoms with Gasteiger partial charge in [0.05, 0.1) is 16.6 Å². The van der Waals surface area contributed by atoms with Crippen LogP contribution in [0.3, 0.4) is 0 Å². The standard InChI is InChI=1S/C18H22ClN3O2/c19-15-9-12(4-6-16(15)21-7-1-2-8-21)18(24)22-10-13-3-5-14(11-22)20-17(13)23/h4,6,9,13-14H,1-3,5,7-8,10-11H2,(H,20,23)/t13-,14+/m1/s1. The lowest BCUT2D eigenvalue weighted by molar-refractivity contribution is -0.126. The van der Waals surface area contributed by atoms with E-state index in [1.54, 1.807) is 11.0 Å². The Balaban J connectivity index is 1.54. The number of anilines is 1. The second kappa shape index (κ2) is 6.28. The SMILES string of the molecule is O=C1N[C@H]2CC[C@@H]1CN(C(=O)c1ccc(N3CCCC3)c(Cl)c1)C2. The summed E-state index contributed by atoms with van der Waals surface area (Å²) in [6.07, 6.45) is 4.20. The fourth-order valence-electron chi connectivity index (χ4n) is 4.05. The number of amides is 2. The molecular formula is C18H22ClN3O2. The van der Waals surface area contributed by atoms with Crippen molar-refractivity contribution in [2.45, 2.75) is 31.7 Å². The second-order valence-electron chi connectivity index (χ2n) is 7.05. The maximum atomic E-state index is 12.9. The van der Waals surface area contributed by atoms with Crippen LogP contribution in [0.2, 0.25) is 5.02 Å². The first-order valence-electron chi connectivity index (χ1n) is 8.76. The molecule has 4 aliphatic heterocycles. The van der Waals surface area contributed by atoms with Crippen LogP contribution < -0.4 is 10.2 Å². The Labute approximate surface area is 146 Å². The minimum Gasteiger partial charge on any atom is -0.370 e. The Hall–Kier alpha value is -1.75.